The summed E-state index contributed by atoms with van der Waals surface area (Å²) < 4.78 is 7.33. The largest absolute Gasteiger partial charge is 0.457 e. The van der Waals surface area contributed by atoms with E-state index in [0.29, 0.717) is 27.1 Å². The van der Waals surface area contributed by atoms with E-state index in [1.165, 1.54) is 6.08 Å². The number of carbonyl (C=O) groups is 1. The topological polar surface area (TPSA) is 71.0 Å². The van der Waals surface area contributed by atoms with Crippen LogP contribution in [0.2, 0.25) is 10.0 Å². The molecule has 0 fully saturated rings. The number of aromatic nitrogens is 1. The Morgan fingerprint density at radius 2 is 1.85 bits per heavy atom. The molecule has 3 rings (SSSR count). The van der Waals surface area contributed by atoms with E-state index in [-0.39, 0.29) is 5.57 Å². The van der Waals surface area contributed by atoms with Crippen molar-refractivity contribution in [2.75, 3.05) is 5.43 Å². The minimum absolute atomic E-state index is 0.0781. The molecule has 136 valence electrons. The smallest absolute Gasteiger partial charge is 0.280 e. The highest BCUT2D eigenvalue weighted by atomic mass is 35.5. The summed E-state index contributed by atoms with van der Waals surface area (Å²) in [5, 5.41) is 10.3. The van der Waals surface area contributed by atoms with Gasteiger partial charge in [0.2, 0.25) is 0 Å². The number of aryl methyl sites for hydroxylation is 2. The van der Waals surface area contributed by atoms with Crippen LogP contribution in [0.25, 0.3) is 17.4 Å². The first-order chi connectivity index (χ1) is 12.9. The predicted molar refractivity (Wildman–Crippen MR) is 106 cm³/mol. The average Bonchev–Trinajstić information content (AvgIpc) is 3.21. The van der Waals surface area contributed by atoms with Gasteiger partial charge in [-0.2, -0.15) is 5.26 Å². The van der Waals surface area contributed by atoms with Gasteiger partial charge in [0, 0.05) is 28.0 Å². The molecule has 0 radical (unpaired) electrons. The van der Waals surface area contributed by atoms with E-state index in [1.807, 2.05) is 32.0 Å². The van der Waals surface area contributed by atoms with Gasteiger partial charge in [-0.25, -0.2) is 0 Å². The molecule has 0 spiro atoms. The van der Waals surface area contributed by atoms with Gasteiger partial charge in [-0.1, -0.05) is 23.2 Å². The molecule has 1 N–H and O–H groups in total. The first-order valence-corrected chi connectivity index (χ1v) is 8.78. The number of benzene rings is 1. The van der Waals surface area contributed by atoms with Gasteiger partial charge >= 0.3 is 0 Å². The number of hydrogen-bond donors (Lipinski definition) is 1. The molecule has 3 aromatic rings. The van der Waals surface area contributed by atoms with Gasteiger partial charge < -0.3 is 4.42 Å². The molecule has 0 saturated carbocycles. The van der Waals surface area contributed by atoms with Crippen LogP contribution in [0.3, 0.4) is 0 Å². The summed E-state index contributed by atoms with van der Waals surface area (Å²) in [6, 6.07) is 14.1. The molecule has 27 heavy (non-hydrogen) atoms. The van der Waals surface area contributed by atoms with Crippen molar-refractivity contribution >= 4 is 35.2 Å². The number of amides is 1. The van der Waals surface area contributed by atoms with E-state index < -0.39 is 5.91 Å². The highest BCUT2D eigenvalue weighted by Gasteiger charge is 2.14. The van der Waals surface area contributed by atoms with Gasteiger partial charge in [0.05, 0.1) is 5.02 Å². The molecule has 0 bridgehead atoms. The van der Waals surface area contributed by atoms with Crippen molar-refractivity contribution < 1.29 is 9.21 Å². The Labute approximate surface area is 166 Å². The van der Waals surface area contributed by atoms with Crippen LogP contribution in [0.15, 0.2) is 52.5 Å². The molecule has 1 amide bonds. The van der Waals surface area contributed by atoms with Crippen LogP contribution in [0, 0.1) is 25.2 Å². The molecule has 0 unspecified atom stereocenters. The SMILES string of the molecule is Cc1ccc(C)n1NC(=O)/C(C#N)=C\c1ccc(-c2ccc(Cl)cc2Cl)o1. The monoisotopic (exact) mass is 399 g/mol. The zero-order valence-electron chi connectivity index (χ0n) is 14.6. The molecule has 0 aliphatic carbocycles. The number of halogens is 2. The minimum atomic E-state index is -0.526. The molecule has 2 aromatic heterocycles. The maximum atomic E-state index is 12.4. The highest BCUT2D eigenvalue weighted by Crippen LogP contribution is 2.32. The fourth-order valence-electron chi connectivity index (χ4n) is 2.56. The van der Waals surface area contributed by atoms with Crippen LogP contribution < -0.4 is 5.43 Å². The lowest BCUT2D eigenvalue weighted by Gasteiger charge is -2.10. The van der Waals surface area contributed by atoms with Crippen molar-refractivity contribution in [1.82, 2.24) is 4.68 Å². The molecule has 5 nitrogen and oxygen atoms in total. The summed E-state index contributed by atoms with van der Waals surface area (Å²) in [5.41, 5.74) is 5.00. The maximum Gasteiger partial charge on any atom is 0.280 e. The third-order valence-electron chi connectivity index (χ3n) is 3.96. The van der Waals surface area contributed by atoms with E-state index in [9.17, 15) is 10.1 Å². The van der Waals surface area contributed by atoms with Gasteiger partial charge in [-0.15, -0.1) is 0 Å². The van der Waals surface area contributed by atoms with Crippen molar-refractivity contribution in [2.45, 2.75) is 13.8 Å². The van der Waals surface area contributed by atoms with Crippen LogP contribution in [0.4, 0.5) is 0 Å². The number of nitrogens with zero attached hydrogens (tertiary/aromatic N) is 2. The van der Waals surface area contributed by atoms with Crippen LogP contribution in [0.1, 0.15) is 17.1 Å². The van der Waals surface area contributed by atoms with Crippen LogP contribution in [-0.4, -0.2) is 10.6 Å². The Morgan fingerprint density at radius 3 is 2.48 bits per heavy atom. The molecule has 0 saturated heterocycles. The van der Waals surface area contributed by atoms with Crippen molar-refractivity contribution in [2.24, 2.45) is 0 Å². The highest BCUT2D eigenvalue weighted by molar-refractivity contribution is 6.36. The van der Waals surface area contributed by atoms with Crippen molar-refractivity contribution in [1.29, 1.82) is 5.26 Å². The van der Waals surface area contributed by atoms with Crippen molar-refractivity contribution in [3.8, 4) is 17.4 Å². The van der Waals surface area contributed by atoms with Gasteiger partial charge in [0.15, 0.2) is 0 Å². The second-order valence-electron chi connectivity index (χ2n) is 5.89. The Morgan fingerprint density at radius 1 is 1.15 bits per heavy atom. The second kappa shape index (κ2) is 7.75. The Kier molecular flexibility index (Phi) is 5.41. The molecule has 2 heterocycles. The fourth-order valence-corrected chi connectivity index (χ4v) is 3.06. The summed E-state index contributed by atoms with van der Waals surface area (Å²) >= 11 is 12.1. The molecule has 7 heteroatoms. The Bertz CT molecular complexity index is 1070. The lowest BCUT2D eigenvalue weighted by atomic mass is 10.2. The normalized spacial score (nSPS) is 11.3. The Hall–Kier alpha value is -2.94. The fraction of sp³-hybridized carbons (Fsp3) is 0.100. The third kappa shape index (κ3) is 4.08. The van der Waals surface area contributed by atoms with Crippen LogP contribution in [0.5, 0.6) is 0 Å². The summed E-state index contributed by atoms with van der Waals surface area (Å²) in [7, 11) is 0. The van der Waals surface area contributed by atoms with E-state index in [4.69, 9.17) is 27.6 Å². The Balaban J connectivity index is 1.85. The predicted octanol–water partition coefficient (Wildman–Crippen LogP) is 5.35. The quantitative estimate of drug-likeness (QED) is 0.474. The summed E-state index contributed by atoms with van der Waals surface area (Å²) in [6.07, 6.45) is 1.39. The van der Waals surface area contributed by atoms with E-state index in [0.717, 1.165) is 11.4 Å². The van der Waals surface area contributed by atoms with Crippen molar-refractivity contribution in [3.63, 3.8) is 0 Å². The van der Waals surface area contributed by atoms with Gasteiger partial charge in [0.1, 0.15) is 23.2 Å². The first kappa shape index (κ1) is 18.8. The van der Waals surface area contributed by atoms with Gasteiger partial charge in [0.25, 0.3) is 5.91 Å². The second-order valence-corrected chi connectivity index (χ2v) is 6.73. The number of rotatable bonds is 4. The molecular weight excluding hydrogens is 385 g/mol. The van der Waals surface area contributed by atoms with E-state index >= 15 is 0 Å². The number of furan rings is 1. The molecule has 0 aliphatic rings. The minimum Gasteiger partial charge on any atom is -0.457 e. The summed E-state index contributed by atoms with van der Waals surface area (Å²) in [5.74, 6) is 0.351. The third-order valence-corrected chi connectivity index (χ3v) is 4.51. The first-order valence-electron chi connectivity index (χ1n) is 8.02. The maximum absolute atomic E-state index is 12.4. The van der Waals surface area contributed by atoms with Gasteiger partial charge in [-0.05, 0) is 56.3 Å². The number of nitriles is 1. The van der Waals surface area contributed by atoms with Crippen LogP contribution in [-0.2, 0) is 4.79 Å². The van der Waals surface area contributed by atoms with Crippen LogP contribution >= 0.6 is 23.2 Å². The van der Waals surface area contributed by atoms with E-state index in [1.54, 1.807) is 35.0 Å². The molecule has 0 atom stereocenters. The zero-order chi connectivity index (χ0) is 19.6. The lowest BCUT2D eigenvalue weighted by molar-refractivity contribution is -0.113. The van der Waals surface area contributed by atoms with Crippen molar-refractivity contribution in [3.05, 3.63) is 75.2 Å². The summed E-state index contributed by atoms with van der Waals surface area (Å²) in [6.45, 7) is 3.72. The van der Waals surface area contributed by atoms with E-state index in [2.05, 4.69) is 5.43 Å². The molecule has 1 aromatic carbocycles. The molecular formula is C20H15Cl2N3O2. The standard InChI is InChI=1S/C20H15Cl2N3O2/c1-12-3-4-13(2)25(12)24-20(26)14(11-23)9-16-6-8-19(27-16)17-7-5-15(21)10-18(17)22/h3-10H,1-2H3,(H,24,26)/b14-9-. The zero-order valence-corrected chi connectivity index (χ0v) is 16.1. The number of hydrogen-bond acceptors (Lipinski definition) is 3. The number of nitrogens with one attached hydrogen (secondary N) is 1. The average molecular weight is 400 g/mol. The lowest BCUT2D eigenvalue weighted by Crippen LogP contribution is -2.25. The molecule has 0 aliphatic heterocycles. The van der Waals surface area contributed by atoms with Gasteiger partial charge in [-0.3, -0.25) is 14.9 Å². The number of carbonyl (C=O) groups excluding carboxylic acids is 1. The summed E-state index contributed by atoms with van der Waals surface area (Å²) in [4.78, 5) is 12.4.